The van der Waals surface area contributed by atoms with Gasteiger partial charge >= 0.3 is 0 Å². The van der Waals surface area contributed by atoms with Gasteiger partial charge in [0.05, 0.1) is 0 Å². The standard InChI is InChI=1S/C23H22N2O3/c26-22(19-9-5-2-6-10-19)24-15-16-25-23(27)20-11-13-21(14-12-20)28-17-18-7-3-1-4-8-18/h1-14H,15-17H2,(H,24,26)(H,25,27). The van der Waals surface area contributed by atoms with Crippen LogP contribution in [-0.2, 0) is 6.61 Å². The minimum absolute atomic E-state index is 0.158. The molecule has 0 unspecified atom stereocenters. The molecular formula is C23H22N2O3. The average molecular weight is 374 g/mol. The predicted molar refractivity (Wildman–Crippen MR) is 108 cm³/mol. The maximum atomic E-state index is 12.2. The Morgan fingerprint density at radius 2 is 1.14 bits per heavy atom. The van der Waals surface area contributed by atoms with Crippen LogP contribution < -0.4 is 15.4 Å². The lowest BCUT2D eigenvalue weighted by molar-refractivity contribution is 0.0927. The van der Waals surface area contributed by atoms with Crippen LogP contribution in [0.3, 0.4) is 0 Å². The van der Waals surface area contributed by atoms with E-state index in [-0.39, 0.29) is 11.8 Å². The third-order valence-corrected chi connectivity index (χ3v) is 4.10. The summed E-state index contributed by atoms with van der Waals surface area (Å²) in [4.78, 5) is 24.1. The summed E-state index contributed by atoms with van der Waals surface area (Å²) in [6.45, 7) is 1.19. The molecule has 5 heteroatoms. The summed E-state index contributed by atoms with van der Waals surface area (Å²) < 4.78 is 5.71. The summed E-state index contributed by atoms with van der Waals surface area (Å²) >= 11 is 0. The minimum Gasteiger partial charge on any atom is -0.489 e. The number of carbonyl (C=O) groups is 2. The van der Waals surface area contributed by atoms with Crippen LogP contribution in [0.15, 0.2) is 84.9 Å². The predicted octanol–water partition coefficient (Wildman–Crippen LogP) is 3.43. The summed E-state index contributed by atoms with van der Waals surface area (Å²) in [5.41, 5.74) is 2.23. The highest BCUT2D eigenvalue weighted by Crippen LogP contribution is 2.14. The summed E-state index contributed by atoms with van der Waals surface area (Å²) in [6, 6.07) is 25.8. The molecule has 0 aromatic heterocycles. The number of hydrogen-bond acceptors (Lipinski definition) is 3. The molecule has 0 bridgehead atoms. The first-order valence-electron chi connectivity index (χ1n) is 9.10. The van der Waals surface area contributed by atoms with Crippen LogP contribution in [0.2, 0.25) is 0 Å². The van der Waals surface area contributed by atoms with Crippen molar-refractivity contribution in [2.24, 2.45) is 0 Å². The zero-order valence-corrected chi connectivity index (χ0v) is 15.4. The van der Waals surface area contributed by atoms with Crippen LogP contribution in [0.25, 0.3) is 0 Å². The molecule has 5 nitrogen and oxygen atoms in total. The number of rotatable bonds is 8. The van der Waals surface area contributed by atoms with Gasteiger partial charge in [0.15, 0.2) is 0 Å². The number of amides is 2. The third-order valence-electron chi connectivity index (χ3n) is 4.10. The van der Waals surface area contributed by atoms with Crippen molar-refractivity contribution in [3.63, 3.8) is 0 Å². The first-order valence-corrected chi connectivity index (χ1v) is 9.10. The molecule has 0 aliphatic rings. The maximum absolute atomic E-state index is 12.2. The van der Waals surface area contributed by atoms with E-state index in [0.29, 0.717) is 36.6 Å². The van der Waals surface area contributed by atoms with Crippen molar-refractivity contribution in [1.82, 2.24) is 10.6 Å². The monoisotopic (exact) mass is 374 g/mol. The van der Waals surface area contributed by atoms with Crippen molar-refractivity contribution in [3.8, 4) is 5.75 Å². The molecule has 2 amide bonds. The van der Waals surface area contributed by atoms with Crippen molar-refractivity contribution >= 4 is 11.8 Å². The third kappa shape index (κ3) is 5.71. The zero-order chi connectivity index (χ0) is 19.6. The first kappa shape index (κ1) is 19.2. The second kappa shape index (κ2) is 9.92. The molecule has 0 aliphatic carbocycles. The van der Waals surface area contributed by atoms with E-state index in [1.807, 2.05) is 48.5 Å². The van der Waals surface area contributed by atoms with Crippen LogP contribution in [-0.4, -0.2) is 24.9 Å². The van der Waals surface area contributed by atoms with Gasteiger partial charge in [0.1, 0.15) is 12.4 Å². The van der Waals surface area contributed by atoms with Gasteiger partial charge in [-0.25, -0.2) is 0 Å². The van der Waals surface area contributed by atoms with Crippen molar-refractivity contribution < 1.29 is 14.3 Å². The Kier molecular flexibility index (Phi) is 6.79. The molecular weight excluding hydrogens is 352 g/mol. The summed E-state index contributed by atoms with van der Waals surface area (Å²) in [7, 11) is 0. The smallest absolute Gasteiger partial charge is 0.251 e. The Morgan fingerprint density at radius 3 is 1.71 bits per heavy atom. The van der Waals surface area contributed by atoms with Crippen LogP contribution in [0.1, 0.15) is 26.3 Å². The van der Waals surface area contributed by atoms with E-state index < -0.39 is 0 Å². The van der Waals surface area contributed by atoms with Crippen LogP contribution in [0, 0.1) is 0 Å². The van der Waals surface area contributed by atoms with Gasteiger partial charge in [-0.15, -0.1) is 0 Å². The molecule has 3 aromatic carbocycles. The Morgan fingerprint density at radius 1 is 0.643 bits per heavy atom. The molecule has 2 N–H and O–H groups in total. The van der Waals surface area contributed by atoms with Crippen molar-refractivity contribution in [2.75, 3.05) is 13.1 Å². The second-order valence-electron chi connectivity index (χ2n) is 6.18. The lowest BCUT2D eigenvalue weighted by Crippen LogP contribution is -2.34. The zero-order valence-electron chi connectivity index (χ0n) is 15.4. The highest BCUT2D eigenvalue weighted by atomic mass is 16.5. The fourth-order valence-corrected chi connectivity index (χ4v) is 2.59. The Bertz CT molecular complexity index is 894. The summed E-state index contributed by atoms with van der Waals surface area (Å²) in [5.74, 6) is 0.355. The minimum atomic E-state index is -0.191. The maximum Gasteiger partial charge on any atom is 0.251 e. The molecule has 0 saturated carbocycles. The van der Waals surface area contributed by atoms with Gasteiger partial charge in [-0.3, -0.25) is 9.59 Å². The van der Waals surface area contributed by atoms with Crippen LogP contribution >= 0.6 is 0 Å². The molecule has 0 atom stereocenters. The first-order chi connectivity index (χ1) is 13.7. The number of ether oxygens (including phenoxy) is 1. The molecule has 0 radical (unpaired) electrons. The highest BCUT2D eigenvalue weighted by molar-refractivity contribution is 5.95. The Labute approximate surface area is 164 Å². The van der Waals surface area contributed by atoms with Crippen molar-refractivity contribution in [2.45, 2.75) is 6.61 Å². The van der Waals surface area contributed by atoms with Gasteiger partial charge in [-0.05, 0) is 42.0 Å². The van der Waals surface area contributed by atoms with Gasteiger partial charge in [-0.2, -0.15) is 0 Å². The van der Waals surface area contributed by atoms with E-state index in [2.05, 4.69) is 10.6 Å². The Balaban J connectivity index is 1.40. The SMILES string of the molecule is O=C(NCCNC(=O)c1ccc(OCc2ccccc2)cc1)c1ccccc1. The molecule has 0 fully saturated rings. The Hall–Kier alpha value is -3.60. The van der Waals surface area contributed by atoms with Gasteiger partial charge < -0.3 is 15.4 Å². The molecule has 0 saturated heterocycles. The lowest BCUT2D eigenvalue weighted by Gasteiger charge is -2.09. The molecule has 142 valence electrons. The normalized spacial score (nSPS) is 10.1. The van der Waals surface area contributed by atoms with E-state index >= 15 is 0 Å². The van der Waals surface area contributed by atoms with Crippen molar-refractivity contribution in [3.05, 3.63) is 102 Å². The largest absolute Gasteiger partial charge is 0.489 e. The highest BCUT2D eigenvalue weighted by Gasteiger charge is 2.07. The van der Waals surface area contributed by atoms with E-state index in [4.69, 9.17) is 4.74 Å². The topological polar surface area (TPSA) is 67.4 Å². The van der Waals surface area contributed by atoms with Crippen molar-refractivity contribution in [1.29, 1.82) is 0 Å². The number of benzene rings is 3. The van der Waals surface area contributed by atoms with Crippen LogP contribution in [0.5, 0.6) is 5.75 Å². The fourth-order valence-electron chi connectivity index (χ4n) is 2.59. The molecule has 3 rings (SSSR count). The number of carbonyl (C=O) groups excluding carboxylic acids is 2. The lowest BCUT2D eigenvalue weighted by atomic mass is 10.2. The molecule has 28 heavy (non-hydrogen) atoms. The molecule has 0 aliphatic heterocycles. The fraction of sp³-hybridized carbons (Fsp3) is 0.130. The van der Waals surface area contributed by atoms with E-state index in [1.165, 1.54) is 0 Å². The molecule has 0 heterocycles. The summed E-state index contributed by atoms with van der Waals surface area (Å²) in [6.07, 6.45) is 0. The van der Waals surface area contributed by atoms with E-state index in [0.717, 1.165) is 5.56 Å². The van der Waals surface area contributed by atoms with Gasteiger partial charge in [0.2, 0.25) is 0 Å². The van der Waals surface area contributed by atoms with Crippen LogP contribution in [0.4, 0.5) is 0 Å². The number of nitrogens with one attached hydrogen (secondary N) is 2. The average Bonchev–Trinajstić information content (AvgIpc) is 2.76. The summed E-state index contributed by atoms with van der Waals surface area (Å²) in [5, 5.41) is 5.56. The van der Waals surface area contributed by atoms with E-state index in [1.54, 1.807) is 36.4 Å². The molecule has 0 spiro atoms. The molecule has 3 aromatic rings. The number of hydrogen-bond donors (Lipinski definition) is 2. The second-order valence-corrected chi connectivity index (χ2v) is 6.18. The quantitative estimate of drug-likeness (QED) is 0.594. The van der Waals surface area contributed by atoms with Gasteiger partial charge in [-0.1, -0.05) is 48.5 Å². The van der Waals surface area contributed by atoms with E-state index in [9.17, 15) is 9.59 Å². The van der Waals surface area contributed by atoms with Gasteiger partial charge in [0.25, 0.3) is 11.8 Å². The van der Waals surface area contributed by atoms with Gasteiger partial charge in [0, 0.05) is 24.2 Å².